The molecule has 1 saturated heterocycles. The van der Waals surface area contributed by atoms with Gasteiger partial charge in [-0.3, -0.25) is 9.78 Å². The summed E-state index contributed by atoms with van der Waals surface area (Å²) in [7, 11) is 0. The average Bonchev–Trinajstić information content (AvgIpc) is 3.01. The topological polar surface area (TPSA) is 59.2 Å². The lowest BCUT2D eigenvalue weighted by Crippen LogP contribution is -2.42. The van der Waals surface area contributed by atoms with E-state index in [1.165, 1.54) is 0 Å². The Morgan fingerprint density at radius 2 is 2.19 bits per heavy atom. The van der Waals surface area contributed by atoms with Gasteiger partial charge in [0.1, 0.15) is 0 Å². The SMILES string of the molecule is NCC1CC2CC2N1C(=O)c1ccncc1. The molecule has 2 heterocycles. The van der Waals surface area contributed by atoms with Gasteiger partial charge in [-0.1, -0.05) is 0 Å². The first-order chi connectivity index (χ1) is 7.81. The lowest BCUT2D eigenvalue weighted by atomic mass is 10.1. The van der Waals surface area contributed by atoms with Gasteiger partial charge in [0.25, 0.3) is 5.91 Å². The quantitative estimate of drug-likeness (QED) is 0.791. The zero-order valence-corrected chi connectivity index (χ0v) is 9.04. The number of fused-ring (bicyclic) bond motifs is 1. The standard InChI is InChI=1S/C12H15N3O/c13-7-10-5-9-6-11(9)15(10)12(16)8-1-3-14-4-2-8/h1-4,9-11H,5-7,13H2. The second-order valence-corrected chi connectivity index (χ2v) is 4.64. The Labute approximate surface area is 94.5 Å². The summed E-state index contributed by atoms with van der Waals surface area (Å²) in [5.41, 5.74) is 6.44. The summed E-state index contributed by atoms with van der Waals surface area (Å²) in [5.74, 6) is 0.821. The predicted molar refractivity (Wildman–Crippen MR) is 59.8 cm³/mol. The van der Waals surface area contributed by atoms with Crippen molar-refractivity contribution in [1.82, 2.24) is 9.88 Å². The van der Waals surface area contributed by atoms with Crippen molar-refractivity contribution in [3.63, 3.8) is 0 Å². The Bertz CT molecular complexity index is 406. The molecule has 1 aromatic heterocycles. The summed E-state index contributed by atoms with van der Waals surface area (Å²) in [5, 5.41) is 0. The van der Waals surface area contributed by atoms with Crippen molar-refractivity contribution in [2.45, 2.75) is 24.9 Å². The van der Waals surface area contributed by atoms with Gasteiger partial charge >= 0.3 is 0 Å². The van der Waals surface area contributed by atoms with Gasteiger partial charge < -0.3 is 10.6 Å². The van der Waals surface area contributed by atoms with E-state index in [-0.39, 0.29) is 11.9 Å². The maximum absolute atomic E-state index is 12.3. The Morgan fingerprint density at radius 1 is 1.44 bits per heavy atom. The molecule has 0 bridgehead atoms. The first kappa shape index (κ1) is 9.78. The number of nitrogens with two attached hydrogens (primary N) is 1. The molecule has 1 aliphatic heterocycles. The van der Waals surface area contributed by atoms with Crippen molar-refractivity contribution in [2.75, 3.05) is 6.54 Å². The number of hydrogen-bond donors (Lipinski definition) is 1. The number of amides is 1. The van der Waals surface area contributed by atoms with Crippen LogP contribution in [0.15, 0.2) is 24.5 Å². The van der Waals surface area contributed by atoms with Crippen LogP contribution < -0.4 is 5.73 Å². The summed E-state index contributed by atoms with van der Waals surface area (Å²) >= 11 is 0. The monoisotopic (exact) mass is 217 g/mol. The molecule has 3 atom stereocenters. The van der Waals surface area contributed by atoms with Crippen LogP contribution >= 0.6 is 0 Å². The first-order valence-electron chi connectivity index (χ1n) is 5.74. The highest BCUT2D eigenvalue weighted by molar-refractivity contribution is 5.95. The van der Waals surface area contributed by atoms with Crippen LogP contribution in [0.1, 0.15) is 23.2 Å². The largest absolute Gasteiger partial charge is 0.331 e. The third-order valence-electron chi connectivity index (χ3n) is 3.64. The molecule has 4 heteroatoms. The Kier molecular flexibility index (Phi) is 2.17. The van der Waals surface area contributed by atoms with Gasteiger partial charge in [-0.05, 0) is 30.9 Å². The van der Waals surface area contributed by atoms with Crippen molar-refractivity contribution in [3.8, 4) is 0 Å². The van der Waals surface area contributed by atoms with Crippen LogP contribution in [0.25, 0.3) is 0 Å². The zero-order valence-electron chi connectivity index (χ0n) is 9.04. The molecule has 2 N–H and O–H groups in total. The van der Waals surface area contributed by atoms with Gasteiger partial charge in [-0.15, -0.1) is 0 Å². The number of likely N-dealkylation sites (tertiary alicyclic amines) is 1. The summed E-state index contributed by atoms with van der Waals surface area (Å²) < 4.78 is 0. The van der Waals surface area contributed by atoms with E-state index >= 15 is 0 Å². The van der Waals surface area contributed by atoms with E-state index in [0.717, 1.165) is 18.4 Å². The van der Waals surface area contributed by atoms with Gasteiger partial charge in [0.2, 0.25) is 0 Å². The molecule has 0 radical (unpaired) electrons. The summed E-state index contributed by atoms with van der Waals surface area (Å²) in [6, 6.07) is 4.23. The van der Waals surface area contributed by atoms with E-state index in [9.17, 15) is 4.79 Å². The number of nitrogens with zero attached hydrogens (tertiary/aromatic N) is 2. The molecule has 1 amide bonds. The molecule has 4 nitrogen and oxygen atoms in total. The maximum Gasteiger partial charge on any atom is 0.254 e. The molecule has 84 valence electrons. The fourth-order valence-electron chi connectivity index (χ4n) is 2.73. The van der Waals surface area contributed by atoms with Crippen LogP contribution in [-0.2, 0) is 0 Å². The lowest BCUT2D eigenvalue weighted by molar-refractivity contribution is 0.0706. The van der Waals surface area contributed by atoms with Gasteiger partial charge in [0.15, 0.2) is 0 Å². The highest BCUT2D eigenvalue weighted by Gasteiger charge is 2.53. The molecule has 0 aromatic carbocycles. The lowest BCUT2D eigenvalue weighted by Gasteiger charge is -2.26. The van der Waals surface area contributed by atoms with Crippen LogP contribution in [0, 0.1) is 5.92 Å². The Hall–Kier alpha value is -1.42. The zero-order chi connectivity index (χ0) is 11.1. The molecule has 3 rings (SSSR count). The fourth-order valence-corrected chi connectivity index (χ4v) is 2.73. The number of aromatic nitrogens is 1. The number of piperidine rings is 1. The van der Waals surface area contributed by atoms with Crippen LogP contribution in [-0.4, -0.2) is 34.4 Å². The minimum absolute atomic E-state index is 0.114. The average molecular weight is 217 g/mol. The summed E-state index contributed by atoms with van der Waals surface area (Å²) in [4.78, 5) is 18.2. The molecule has 1 aromatic rings. The minimum atomic E-state index is 0.114. The van der Waals surface area contributed by atoms with E-state index in [0.29, 0.717) is 18.5 Å². The number of rotatable bonds is 2. The summed E-state index contributed by atoms with van der Waals surface area (Å²) in [6.45, 7) is 0.573. The highest BCUT2D eigenvalue weighted by Crippen LogP contribution is 2.47. The van der Waals surface area contributed by atoms with Crippen LogP contribution in [0.5, 0.6) is 0 Å². The number of hydrogen-bond acceptors (Lipinski definition) is 3. The number of carbonyl (C=O) groups is 1. The number of carbonyl (C=O) groups excluding carboxylic acids is 1. The Morgan fingerprint density at radius 3 is 2.88 bits per heavy atom. The van der Waals surface area contributed by atoms with E-state index in [1.54, 1.807) is 24.5 Å². The van der Waals surface area contributed by atoms with Crippen molar-refractivity contribution < 1.29 is 4.79 Å². The van der Waals surface area contributed by atoms with Gasteiger partial charge in [-0.25, -0.2) is 0 Å². The smallest absolute Gasteiger partial charge is 0.254 e. The van der Waals surface area contributed by atoms with Crippen molar-refractivity contribution in [3.05, 3.63) is 30.1 Å². The van der Waals surface area contributed by atoms with Crippen LogP contribution in [0.3, 0.4) is 0 Å². The normalized spacial score (nSPS) is 31.3. The van der Waals surface area contributed by atoms with Crippen LogP contribution in [0.4, 0.5) is 0 Å². The predicted octanol–water partition coefficient (Wildman–Crippen LogP) is 0.643. The van der Waals surface area contributed by atoms with Gasteiger partial charge in [0.05, 0.1) is 0 Å². The molecule has 1 aliphatic carbocycles. The van der Waals surface area contributed by atoms with E-state index in [1.807, 2.05) is 4.90 Å². The molecule has 2 aliphatic rings. The molecule has 3 unspecified atom stereocenters. The molecule has 1 saturated carbocycles. The fraction of sp³-hybridized carbons (Fsp3) is 0.500. The van der Waals surface area contributed by atoms with Crippen molar-refractivity contribution in [1.29, 1.82) is 0 Å². The van der Waals surface area contributed by atoms with E-state index in [2.05, 4.69) is 4.98 Å². The van der Waals surface area contributed by atoms with Gasteiger partial charge in [-0.2, -0.15) is 0 Å². The molecule has 16 heavy (non-hydrogen) atoms. The van der Waals surface area contributed by atoms with Crippen molar-refractivity contribution in [2.24, 2.45) is 11.7 Å². The molecule has 2 fully saturated rings. The summed E-state index contributed by atoms with van der Waals surface area (Å²) in [6.07, 6.45) is 5.56. The van der Waals surface area contributed by atoms with Crippen molar-refractivity contribution >= 4 is 5.91 Å². The van der Waals surface area contributed by atoms with E-state index in [4.69, 9.17) is 5.73 Å². The maximum atomic E-state index is 12.3. The third kappa shape index (κ3) is 1.41. The third-order valence-corrected chi connectivity index (χ3v) is 3.64. The first-order valence-corrected chi connectivity index (χ1v) is 5.74. The van der Waals surface area contributed by atoms with Crippen LogP contribution in [0.2, 0.25) is 0 Å². The highest BCUT2D eigenvalue weighted by atomic mass is 16.2. The number of pyridine rings is 1. The molecular weight excluding hydrogens is 202 g/mol. The van der Waals surface area contributed by atoms with Gasteiger partial charge in [0, 0.05) is 36.6 Å². The molecule has 0 spiro atoms. The second kappa shape index (κ2) is 3.56. The Balaban J connectivity index is 1.84. The minimum Gasteiger partial charge on any atom is -0.331 e. The van der Waals surface area contributed by atoms with E-state index < -0.39 is 0 Å². The second-order valence-electron chi connectivity index (χ2n) is 4.64. The molecular formula is C12H15N3O.